The SMILES string of the molecule is CC(=O)Nc1ccc(CN2CCOC[C@H]2c2ncc(-c3ccc(C)cc3)[nH]2)cc1. The fourth-order valence-corrected chi connectivity index (χ4v) is 3.60. The summed E-state index contributed by atoms with van der Waals surface area (Å²) in [6, 6.07) is 16.5. The lowest BCUT2D eigenvalue weighted by Crippen LogP contribution is -2.39. The molecule has 1 aliphatic rings. The van der Waals surface area contributed by atoms with E-state index in [9.17, 15) is 4.79 Å². The molecule has 0 bridgehead atoms. The molecule has 2 aromatic carbocycles. The third-order valence-electron chi connectivity index (χ3n) is 5.17. The van der Waals surface area contributed by atoms with Gasteiger partial charge in [0.25, 0.3) is 0 Å². The molecule has 1 fully saturated rings. The minimum atomic E-state index is -0.0619. The third-order valence-corrected chi connectivity index (χ3v) is 5.17. The third kappa shape index (κ3) is 4.72. The van der Waals surface area contributed by atoms with Crippen LogP contribution in [0.1, 0.15) is 29.9 Å². The van der Waals surface area contributed by atoms with Gasteiger partial charge in [-0.2, -0.15) is 0 Å². The average molecular weight is 390 g/mol. The zero-order chi connectivity index (χ0) is 20.2. The van der Waals surface area contributed by atoms with E-state index >= 15 is 0 Å². The quantitative estimate of drug-likeness (QED) is 0.693. The van der Waals surface area contributed by atoms with Crippen LogP contribution in [0.25, 0.3) is 11.3 Å². The van der Waals surface area contributed by atoms with Gasteiger partial charge >= 0.3 is 0 Å². The Kier molecular flexibility index (Phi) is 5.74. The Labute approximate surface area is 170 Å². The number of aromatic nitrogens is 2. The fraction of sp³-hybridized carbons (Fsp3) is 0.304. The number of rotatable bonds is 5. The number of nitrogens with one attached hydrogen (secondary N) is 2. The maximum Gasteiger partial charge on any atom is 0.221 e. The molecular weight excluding hydrogens is 364 g/mol. The van der Waals surface area contributed by atoms with E-state index in [1.165, 1.54) is 18.1 Å². The van der Waals surface area contributed by atoms with Gasteiger partial charge in [0.2, 0.25) is 5.91 Å². The summed E-state index contributed by atoms with van der Waals surface area (Å²) in [5.41, 5.74) is 5.39. The van der Waals surface area contributed by atoms with Crippen LogP contribution < -0.4 is 5.32 Å². The van der Waals surface area contributed by atoms with Crippen LogP contribution in [0.2, 0.25) is 0 Å². The molecule has 1 atom stereocenters. The topological polar surface area (TPSA) is 70.2 Å². The van der Waals surface area contributed by atoms with Crippen LogP contribution in [-0.4, -0.2) is 40.5 Å². The number of aromatic amines is 1. The van der Waals surface area contributed by atoms with Crippen molar-refractivity contribution in [3.8, 4) is 11.3 Å². The maximum atomic E-state index is 11.2. The van der Waals surface area contributed by atoms with Gasteiger partial charge in [0.05, 0.1) is 31.1 Å². The predicted octanol–water partition coefficient (Wildman–Crippen LogP) is 3.92. The highest BCUT2D eigenvalue weighted by Crippen LogP contribution is 2.27. The number of hydrogen-bond acceptors (Lipinski definition) is 4. The number of amides is 1. The second kappa shape index (κ2) is 8.59. The van der Waals surface area contributed by atoms with E-state index in [4.69, 9.17) is 4.74 Å². The van der Waals surface area contributed by atoms with Crippen molar-refractivity contribution in [2.24, 2.45) is 0 Å². The van der Waals surface area contributed by atoms with Gasteiger partial charge in [0.1, 0.15) is 5.82 Å². The molecule has 0 radical (unpaired) electrons. The lowest BCUT2D eigenvalue weighted by molar-refractivity contribution is -0.114. The maximum absolute atomic E-state index is 11.2. The van der Waals surface area contributed by atoms with Crippen molar-refractivity contribution in [2.75, 3.05) is 25.1 Å². The summed E-state index contributed by atoms with van der Waals surface area (Å²) in [5, 5.41) is 2.80. The summed E-state index contributed by atoms with van der Waals surface area (Å²) in [4.78, 5) is 21.7. The van der Waals surface area contributed by atoms with Crippen molar-refractivity contribution >= 4 is 11.6 Å². The molecule has 150 valence electrons. The van der Waals surface area contributed by atoms with Crippen molar-refractivity contribution in [1.29, 1.82) is 0 Å². The number of benzene rings is 2. The van der Waals surface area contributed by atoms with Gasteiger partial charge in [0.15, 0.2) is 0 Å². The molecule has 1 aromatic heterocycles. The highest BCUT2D eigenvalue weighted by Gasteiger charge is 2.27. The largest absolute Gasteiger partial charge is 0.378 e. The Morgan fingerprint density at radius 2 is 1.97 bits per heavy atom. The normalized spacial score (nSPS) is 17.2. The van der Waals surface area contributed by atoms with Crippen LogP contribution in [0, 0.1) is 6.92 Å². The van der Waals surface area contributed by atoms with Gasteiger partial charge in [-0.3, -0.25) is 9.69 Å². The van der Waals surface area contributed by atoms with Gasteiger partial charge in [-0.25, -0.2) is 4.98 Å². The highest BCUT2D eigenvalue weighted by molar-refractivity contribution is 5.88. The Morgan fingerprint density at radius 1 is 1.21 bits per heavy atom. The molecule has 0 spiro atoms. The average Bonchev–Trinajstić information content (AvgIpc) is 3.20. The summed E-state index contributed by atoms with van der Waals surface area (Å²) < 4.78 is 5.75. The van der Waals surface area contributed by atoms with Gasteiger partial charge < -0.3 is 15.0 Å². The first-order chi connectivity index (χ1) is 14.1. The number of imidazole rings is 1. The van der Waals surface area contributed by atoms with Crippen LogP contribution >= 0.6 is 0 Å². The number of H-pyrrole nitrogens is 1. The number of anilines is 1. The molecule has 2 N–H and O–H groups in total. The minimum absolute atomic E-state index is 0.0619. The molecule has 0 unspecified atom stereocenters. The predicted molar refractivity (Wildman–Crippen MR) is 113 cm³/mol. The van der Waals surface area contributed by atoms with E-state index in [2.05, 4.69) is 63.5 Å². The van der Waals surface area contributed by atoms with E-state index in [1.54, 1.807) is 0 Å². The Bertz CT molecular complexity index is 963. The Hall–Kier alpha value is -2.96. The first-order valence-corrected chi connectivity index (χ1v) is 9.89. The molecule has 0 saturated carbocycles. The number of aryl methyl sites for hydroxylation is 1. The Morgan fingerprint density at radius 3 is 2.69 bits per heavy atom. The van der Waals surface area contributed by atoms with Crippen LogP contribution in [0.4, 0.5) is 5.69 Å². The van der Waals surface area contributed by atoms with Crippen molar-refractivity contribution < 1.29 is 9.53 Å². The number of nitrogens with zero attached hydrogens (tertiary/aromatic N) is 2. The molecule has 3 aromatic rings. The summed E-state index contributed by atoms with van der Waals surface area (Å²) in [6.07, 6.45) is 1.90. The molecule has 1 saturated heterocycles. The molecule has 1 aliphatic heterocycles. The number of morpholine rings is 1. The summed E-state index contributed by atoms with van der Waals surface area (Å²) in [7, 11) is 0. The first kappa shape index (κ1) is 19.4. The van der Waals surface area contributed by atoms with Gasteiger partial charge in [0, 0.05) is 25.7 Å². The van der Waals surface area contributed by atoms with Crippen molar-refractivity contribution in [3.63, 3.8) is 0 Å². The molecule has 2 heterocycles. The standard InChI is InChI=1S/C23H26N4O2/c1-16-3-7-19(8-4-16)21-13-24-23(26-21)22-15-29-12-11-27(22)14-18-5-9-20(10-6-18)25-17(2)28/h3-10,13,22H,11-12,14-15H2,1-2H3,(H,24,26)(H,25,28)/t22-/m0/s1. The lowest BCUT2D eigenvalue weighted by Gasteiger charge is -2.34. The van der Waals surface area contributed by atoms with Crippen LogP contribution in [-0.2, 0) is 16.1 Å². The summed E-state index contributed by atoms with van der Waals surface area (Å²) in [6.45, 7) is 6.58. The number of hydrogen-bond donors (Lipinski definition) is 2. The Balaban J connectivity index is 1.49. The van der Waals surface area contributed by atoms with Gasteiger partial charge in [-0.05, 0) is 30.2 Å². The first-order valence-electron chi connectivity index (χ1n) is 9.89. The van der Waals surface area contributed by atoms with Gasteiger partial charge in [-0.15, -0.1) is 0 Å². The van der Waals surface area contributed by atoms with Crippen molar-refractivity contribution in [2.45, 2.75) is 26.4 Å². The second-order valence-electron chi connectivity index (χ2n) is 7.49. The zero-order valence-corrected chi connectivity index (χ0v) is 16.8. The summed E-state index contributed by atoms with van der Waals surface area (Å²) >= 11 is 0. The molecule has 6 nitrogen and oxygen atoms in total. The molecule has 29 heavy (non-hydrogen) atoms. The van der Waals surface area contributed by atoms with Crippen LogP contribution in [0.3, 0.4) is 0 Å². The van der Waals surface area contributed by atoms with Crippen molar-refractivity contribution in [3.05, 3.63) is 71.7 Å². The van der Waals surface area contributed by atoms with Gasteiger partial charge in [-0.1, -0.05) is 42.0 Å². The molecule has 4 rings (SSSR count). The molecule has 1 amide bonds. The second-order valence-corrected chi connectivity index (χ2v) is 7.49. The monoisotopic (exact) mass is 390 g/mol. The highest BCUT2D eigenvalue weighted by atomic mass is 16.5. The smallest absolute Gasteiger partial charge is 0.221 e. The number of carbonyl (C=O) groups excluding carboxylic acids is 1. The van der Waals surface area contributed by atoms with Crippen molar-refractivity contribution in [1.82, 2.24) is 14.9 Å². The zero-order valence-electron chi connectivity index (χ0n) is 16.8. The van der Waals surface area contributed by atoms with E-state index in [1.807, 2.05) is 18.3 Å². The molecule has 0 aliphatic carbocycles. The fourth-order valence-electron chi connectivity index (χ4n) is 3.60. The minimum Gasteiger partial charge on any atom is -0.378 e. The molecule has 6 heteroatoms. The van der Waals surface area contributed by atoms with E-state index < -0.39 is 0 Å². The summed E-state index contributed by atoms with van der Waals surface area (Å²) in [5.74, 6) is 0.864. The number of carbonyl (C=O) groups is 1. The molecular formula is C23H26N4O2. The lowest BCUT2D eigenvalue weighted by atomic mass is 10.1. The van der Waals surface area contributed by atoms with Crippen LogP contribution in [0.5, 0.6) is 0 Å². The number of ether oxygens (including phenoxy) is 1. The van der Waals surface area contributed by atoms with E-state index in [0.717, 1.165) is 35.9 Å². The van der Waals surface area contributed by atoms with E-state index in [0.29, 0.717) is 13.2 Å². The van der Waals surface area contributed by atoms with E-state index in [-0.39, 0.29) is 11.9 Å². The van der Waals surface area contributed by atoms with Crippen LogP contribution in [0.15, 0.2) is 54.7 Å².